The second-order valence-corrected chi connectivity index (χ2v) is 8.82. The molecule has 0 aliphatic carbocycles. The number of aryl methyl sites for hydroxylation is 2. The minimum atomic E-state index is -0.755. The maximum absolute atomic E-state index is 13.3. The number of hydrogen-bond donors (Lipinski definition) is 1. The van der Waals surface area contributed by atoms with Crippen molar-refractivity contribution >= 4 is 11.7 Å². The number of amides is 1. The fourth-order valence-electron chi connectivity index (χ4n) is 3.53. The first-order valence-corrected chi connectivity index (χ1v) is 9.97. The van der Waals surface area contributed by atoms with E-state index in [1.54, 1.807) is 6.26 Å². The Hall–Kier alpha value is -2.88. The number of Topliss-reactive ketones (excluding diaryl/α,β-unsaturated/α-hetero) is 1. The fraction of sp³-hybridized carbons (Fsp3) is 0.360. The lowest BCUT2D eigenvalue weighted by molar-refractivity contribution is -0.130. The number of ketones is 1. The molecule has 152 valence electrons. The summed E-state index contributed by atoms with van der Waals surface area (Å²) < 4.78 is 6.00. The van der Waals surface area contributed by atoms with Gasteiger partial charge in [-0.15, -0.1) is 0 Å². The van der Waals surface area contributed by atoms with Gasteiger partial charge in [-0.2, -0.15) is 0 Å². The number of hydrogen-bond acceptors (Lipinski definition) is 3. The minimum absolute atomic E-state index is 0.0908. The van der Waals surface area contributed by atoms with Crippen molar-refractivity contribution in [2.75, 3.05) is 0 Å². The molecule has 4 heteroatoms. The van der Waals surface area contributed by atoms with E-state index in [1.807, 2.05) is 83.1 Å². The van der Waals surface area contributed by atoms with Gasteiger partial charge in [0.2, 0.25) is 5.91 Å². The van der Waals surface area contributed by atoms with Gasteiger partial charge in [0.1, 0.15) is 6.04 Å². The molecule has 3 rings (SSSR count). The van der Waals surface area contributed by atoms with Crippen LogP contribution in [0.25, 0.3) is 0 Å². The Morgan fingerprint density at radius 3 is 2.34 bits per heavy atom. The third kappa shape index (κ3) is 4.94. The van der Waals surface area contributed by atoms with Gasteiger partial charge in [-0.05, 0) is 30.4 Å². The van der Waals surface area contributed by atoms with Crippen LogP contribution in [0, 0.1) is 19.3 Å². The van der Waals surface area contributed by atoms with Gasteiger partial charge in [0.15, 0.2) is 11.9 Å². The molecule has 0 saturated heterocycles. The first-order chi connectivity index (χ1) is 13.6. The van der Waals surface area contributed by atoms with E-state index in [0.717, 1.165) is 22.3 Å². The predicted octanol–water partition coefficient (Wildman–Crippen LogP) is 4.60. The summed E-state index contributed by atoms with van der Waals surface area (Å²) in [6.07, 6.45) is 1.24. The SMILES string of the molecule is Cc1ccc(C2OC=C(C(C)(C)C)C(=O)C2NC(=O)Cc2cccc(C)c2)cc1. The molecule has 1 aliphatic heterocycles. The molecule has 0 bridgehead atoms. The van der Waals surface area contributed by atoms with Crippen LogP contribution in [0.3, 0.4) is 0 Å². The summed E-state index contributed by atoms with van der Waals surface area (Å²) in [5.74, 6) is -0.281. The maximum atomic E-state index is 13.3. The topological polar surface area (TPSA) is 55.4 Å². The molecule has 0 spiro atoms. The highest BCUT2D eigenvalue weighted by molar-refractivity contribution is 6.03. The van der Waals surface area contributed by atoms with Crippen LogP contribution in [0.4, 0.5) is 0 Å². The second-order valence-electron chi connectivity index (χ2n) is 8.82. The van der Waals surface area contributed by atoms with E-state index in [-0.39, 0.29) is 23.5 Å². The third-order valence-corrected chi connectivity index (χ3v) is 5.16. The van der Waals surface area contributed by atoms with E-state index < -0.39 is 12.1 Å². The van der Waals surface area contributed by atoms with Gasteiger partial charge >= 0.3 is 0 Å². The van der Waals surface area contributed by atoms with Crippen molar-refractivity contribution < 1.29 is 14.3 Å². The van der Waals surface area contributed by atoms with Crippen molar-refractivity contribution in [2.24, 2.45) is 5.41 Å². The summed E-state index contributed by atoms with van der Waals surface area (Å²) in [6.45, 7) is 9.91. The Kier molecular flexibility index (Phi) is 5.92. The maximum Gasteiger partial charge on any atom is 0.225 e. The first-order valence-electron chi connectivity index (χ1n) is 9.97. The van der Waals surface area contributed by atoms with Crippen LogP contribution < -0.4 is 5.32 Å². The summed E-state index contributed by atoms with van der Waals surface area (Å²) >= 11 is 0. The molecule has 2 atom stereocenters. The Balaban J connectivity index is 1.87. The zero-order valence-corrected chi connectivity index (χ0v) is 17.8. The van der Waals surface area contributed by atoms with Crippen molar-refractivity contribution in [3.05, 3.63) is 82.6 Å². The average molecular weight is 392 g/mol. The standard InChI is InChI=1S/C25H29NO3/c1-16-9-11-19(12-10-16)24-22(23(28)20(15-29-24)25(3,4)5)26-21(27)14-18-8-6-7-17(2)13-18/h6-13,15,22,24H,14H2,1-5H3,(H,26,27). The van der Waals surface area contributed by atoms with Gasteiger partial charge in [-0.1, -0.05) is 80.4 Å². The molecule has 1 amide bonds. The lowest BCUT2D eigenvalue weighted by Gasteiger charge is -2.35. The molecule has 4 nitrogen and oxygen atoms in total. The van der Waals surface area contributed by atoms with Crippen LogP contribution in [0.5, 0.6) is 0 Å². The van der Waals surface area contributed by atoms with Gasteiger partial charge < -0.3 is 10.1 Å². The molecular formula is C25H29NO3. The summed E-state index contributed by atoms with van der Waals surface area (Å²) in [7, 11) is 0. The molecule has 0 fully saturated rings. The molecule has 0 aromatic heterocycles. The van der Waals surface area contributed by atoms with Crippen molar-refractivity contribution in [1.29, 1.82) is 0 Å². The summed E-state index contributed by atoms with van der Waals surface area (Å²) in [6, 6.07) is 14.9. The van der Waals surface area contributed by atoms with Crippen molar-refractivity contribution in [1.82, 2.24) is 5.32 Å². The molecule has 2 aromatic carbocycles. The zero-order valence-electron chi connectivity index (χ0n) is 17.8. The van der Waals surface area contributed by atoms with E-state index >= 15 is 0 Å². The second kappa shape index (κ2) is 8.24. The van der Waals surface area contributed by atoms with Gasteiger partial charge in [0.25, 0.3) is 0 Å². The van der Waals surface area contributed by atoms with E-state index in [0.29, 0.717) is 5.57 Å². The lowest BCUT2D eigenvalue weighted by atomic mass is 9.79. The highest BCUT2D eigenvalue weighted by Gasteiger charge is 2.40. The predicted molar refractivity (Wildman–Crippen MR) is 114 cm³/mol. The molecular weight excluding hydrogens is 362 g/mol. The van der Waals surface area contributed by atoms with Crippen LogP contribution >= 0.6 is 0 Å². The molecule has 0 saturated carbocycles. The number of carbonyl (C=O) groups is 2. The first kappa shape index (κ1) is 20.8. The lowest BCUT2D eigenvalue weighted by Crippen LogP contribution is -2.49. The molecule has 1 aliphatic rings. The van der Waals surface area contributed by atoms with Crippen molar-refractivity contribution in [2.45, 2.75) is 53.2 Å². The van der Waals surface area contributed by atoms with Crippen molar-refractivity contribution in [3.8, 4) is 0 Å². The number of rotatable bonds is 4. The molecule has 0 radical (unpaired) electrons. The summed E-state index contributed by atoms with van der Waals surface area (Å²) in [5, 5.41) is 2.95. The van der Waals surface area contributed by atoms with Gasteiger partial charge in [0.05, 0.1) is 12.7 Å². The number of carbonyl (C=O) groups excluding carboxylic acids is 2. The number of benzene rings is 2. The van der Waals surface area contributed by atoms with Gasteiger partial charge in [0, 0.05) is 5.57 Å². The smallest absolute Gasteiger partial charge is 0.225 e. The largest absolute Gasteiger partial charge is 0.490 e. The van der Waals surface area contributed by atoms with Crippen LogP contribution in [-0.2, 0) is 20.7 Å². The van der Waals surface area contributed by atoms with Crippen LogP contribution in [0.2, 0.25) is 0 Å². The van der Waals surface area contributed by atoms with E-state index in [4.69, 9.17) is 4.74 Å². The fourth-order valence-corrected chi connectivity index (χ4v) is 3.53. The quantitative estimate of drug-likeness (QED) is 0.829. The summed E-state index contributed by atoms with van der Waals surface area (Å²) in [4.78, 5) is 26.1. The monoisotopic (exact) mass is 391 g/mol. The van der Waals surface area contributed by atoms with Crippen molar-refractivity contribution in [3.63, 3.8) is 0 Å². The minimum Gasteiger partial charge on any atom is -0.490 e. The molecule has 2 unspecified atom stereocenters. The van der Waals surface area contributed by atoms with Crippen LogP contribution in [0.1, 0.15) is 49.1 Å². The Bertz CT molecular complexity index is 935. The Morgan fingerprint density at radius 2 is 1.72 bits per heavy atom. The molecule has 1 N–H and O–H groups in total. The zero-order chi connectivity index (χ0) is 21.2. The Morgan fingerprint density at radius 1 is 1.03 bits per heavy atom. The normalized spacial score (nSPS) is 19.3. The van der Waals surface area contributed by atoms with E-state index in [2.05, 4.69) is 5.32 Å². The van der Waals surface area contributed by atoms with Crippen LogP contribution in [0.15, 0.2) is 60.4 Å². The van der Waals surface area contributed by atoms with Crippen LogP contribution in [-0.4, -0.2) is 17.7 Å². The van der Waals surface area contributed by atoms with E-state index in [9.17, 15) is 9.59 Å². The van der Waals surface area contributed by atoms with Gasteiger partial charge in [-0.25, -0.2) is 0 Å². The number of nitrogens with one attached hydrogen (secondary N) is 1. The Labute approximate surface area is 173 Å². The third-order valence-electron chi connectivity index (χ3n) is 5.16. The molecule has 2 aromatic rings. The van der Waals surface area contributed by atoms with Gasteiger partial charge in [-0.3, -0.25) is 9.59 Å². The summed E-state index contributed by atoms with van der Waals surface area (Å²) in [5.41, 5.74) is 4.24. The molecule has 29 heavy (non-hydrogen) atoms. The average Bonchev–Trinajstić information content (AvgIpc) is 2.63. The highest BCUT2D eigenvalue weighted by atomic mass is 16.5. The molecule has 1 heterocycles. The number of ether oxygens (including phenoxy) is 1. The highest BCUT2D eigenvalue weighted by Crippen LogP contribution is 2.36. The van der Waals surface area contributed by atoms with E-state index in [1.165, 1.54) is 0 Å².